The van der Waals surface area contributed by atoms with E-state index in [1.807, 2.05) is 6.92 Å². The van der Waals surface area contributed by atoms with Gasteiger partial charge in [-0.1, -0.05) is 17.7 Å². The van der Waals surface area contributed by atoms with E-state index in [4.69, 9.17) is 0 Å². The molecule has 34 heavy (non-hydrogen) atoms. The number of aryl methyl sites for hydroxylation is 1. The van der Waals surface area contributed by atoms with Crippen LogP contribution in [0.25, 0.3) is 5.69 Å². The lowest BCUT2D eigenvalue weighted by Crippen LogP contribution is -2.24. The van der Waals surface area contributed by atoms with Gasteiger partial charge in [0, 0.05) is 17.4 Å². The molecule has 1 heterocycles. The van der Waals surface area contributed by atoms with Crippen LogP contribution in [-0.2, 0) is 10.0 Å². The van der Waals surface area contributed by atoms with E-state index >= 15 is 0 Å². The largest absolute Gasteiger partial charge is 0.321 e. The number of nitrogens with one attached hydrogen (secondary N) is 2. The molecule has 4 aromatic rings. The van der Waals surface area contributed by atoms with Crippen molar-refractivity contribution in [1.29, 1.82) is 0 Å². The van der Waals surface area contributed by atoms with E-state index < -0.39 is 27.3 Å². The number of carbonyl (C=O) groups excluding carboxylic acids is 1. The molecule has 0 bridgehead atoms. The number of amides is 1. The molecular weight excluding hydrogens is 459 g/mol. The Morgan fingerprint density at radius 3 is 2.12 bits per heavy atom. The highest BCUT2D eigenvalue weighted by molar-refractivity contribution is 7.92. The Bertz CT molecular complexity index is 1500. The fourth-order valence-electron chi connectivity index (χ4n) is 3.05. The highest BCUT2D eigenvalue weighted by atomic mass is 32.2. The molecule has 1 aromatic heterocycles. The van der Waals surface area contributed by atoms with Crippen molar-refractivity contribution in [2.45, 2.75) is 11.8 Å². The SMILES string of the molecule is Cc1ccc(S(=O)(=O)Nc2ccc(NC(=O)c3ccc(=O)n(-c4ccc(F)cc4)n3)cc2)cc1. The number of sulfonamides is 1. The molecule has 0 saturated heterocycles. The minimum Gasteiger partial charge on any atom is -0.321 e. The van der Waals surface area contributed by atoms with E-state index in [-0.39, 0.29) is 10.6 Å². The van der Waals surface area contributed by atoms with E-state index in [9.17, 15) is 22.4 Å². The number of nitrogens with zero attached hydrogens (tertiary/aromatic N) is 2. The first-order valence-electron chi connectivity index (χ1n) is 10.1. The molecule has 0 aliphatic carbocycles. The first-order chi connectivity index (χ1) is 16.2. The monoisotopic (exact) mass is 478 g/mol. The number of hydrogen-bond donors (Lipinski definition) is 2. The predicted molar refractivity (Wildman–Crippen MR) is 126 cm³/mol. The maximum atomic E-state index is 13.2. The van der Waals surface area contributed by atoms with Gasteiger partial charge >= 0.3 is 0 Å². The van der Waals surface area contributed by atoms with Crippen molar-refractivity contribution in [2.75, 3.05) is 10.0 Å². The minimum atomic E-state index is -3.75. The van der Waals surface area contributed by atoms with Gasteiger partial charge in [0.15, 0.2) is 0 Å². The Morgan fingerprint density at radius 2 is 1.47 bits per heavy atom. The van der Waals surface area contributed by atoms with Crippen LogP contribution in [-0.4, -0.2) is 24.1 Å². The summed E-state index contributed by atoms with van der Waals surface area (Å²) in [5.74, 6) is -1.04. The van der Waals surface area contributed by atoms with Crippen LogP contribution in [0.1, 0.15) is 16.1 Å². The second kappa shape index (κ2) is 9.28. The average Bonchev–Trinajstić information content (AvgIpc) is 2.81. The predicted octanol–water partition coefficient (Wildman–Crippen LogP) is 3.73. The van der Waals surface area contributed by atoms with Crippen LogP contribution >= 0.6 is 0 Å². The van der Waals surface area contributed by atoms with Crippen molar-refractivity contribution in [3.05, 3.63) is 112 Å². The van der Waals surface area contributed by atoms with Crippen LogP contribution in [0.5, 0.6) is 0 Å². The van der Waals surface area contributed by atoms with Crippen molar-refractivity contribution in [3.8, 4) is 5.69 Å². The maximum absolute atomic E-state index is 13.2. The molecule has 0 atom stereocenters. The van der Waals surface area contributed by atoms with E-state index in [0.717, 1.165) is 10.2 Å². The first-order valence-corrected chi connectivity index (χ1v) is 11.6. The zero-order valence-corrected chi connectivity index (χ0v) is 18.7. The summed E-state index contributed by atoms with van der Waals surface area (Å²) in [6.45, 7) is 1.86. The van der Waals surface area contributed by atoms with Gasteiger partial charge in [-0.3, -0.25) is 14.3 Å². The zero-order valence-electron chi connectivity index (χ0n) is 17.9. The van der Waals surface area contributed by atoms with Gasteiger partial charge in [-0.2, -0.15) is 9.78 Å². The van der Waals surface area contributed by atoms with E-state index in [1.54, 1.807) is 12.1 Å². The molecule has 0 saturated carbocycles. The molecule has 2 N–H and O–H groups in total. The van der Waals surface area contributed by atoms with Crippen LogP contribution in [0.4, 0.5) is 15.8 Å². The summed E-state index contributed by atoms with van der Waals surface area (Å²) < 4.78 is 41.7. The van der Waals surface area contributed by atoms with Crippen LogP contribution in [0.2, 0.25) is 0 Å². The fourth-order valence-corrected chi connectivity index (χ4v) is 4.11. The Hall–Kier alpha value is -4.31. The molecule has 0 aliphatic heterocycles. The maximum Gasteiger partial charge on any atom is 0.276 e. The van der Waals surface area contributed by atoms with Gasteiger partial charge in [0.2, 0.25) is 0 Å². The Kier molecular flexibility index (Phi) is 6.24. The van der Waals surface area contributed by atoms with Gasteiger partial charge in [0.05, 0.1) is 10.6 Å². The van der Waals surface area contributed by atoms with Crippen LogP contribution in [0, 0.1) is 12.7 Å². The highest BCUT2D eigenvalue weighted by Crippen LogP contribution is 2.19. The normalized spacial score (nSPS) is 11.1. The lowest BCUT2D eigenvalue weighted by Gasteiger charge is -2.10. The molecular formula is C24H19FN4O4S. The zero-order chi connectivity index (χ0) is 24.3. The molecule has 0 fully saturated rings. The summed E-state index contributed by atoms with van der Waals surface area (Å²) in [6, 6.07) is 20.1. The first kappa shape index (κ1) is 22.9. The molecule has 0 unspecified atom stereocenters. The minimum absolute atomic E-state index is 0.0342. The highest BCUT2D eigenvalue weighted by Gasteiger charge is 2.15. The van der Waals surface area contributed by atoms with Gasteiger partial charge in [-0.25, -0.2) is 12.8 Å². The topological polar surface area (TPSA) is 110 Å². The van der Waals surface area contributed by atoms with Crippen molar-refractivity contribution in [3.63, 3.8) is 0 Å². The van der Waals surface area contributed by atoms with Gasteiger partial charge in [0.25, 0.3) is 21.5 Å². The van der Waals surface area contributed by atoms with E-state index in [0.29, 0.717) is 17.1 Å². The third-order valence-electron chi connectivity index (χ3n) is 4.83. The molecule has 8 nitrogen and oxygen atoms in total. The molecule has 4 rings (SSSR count). The van der Waals surface area contributed by atoms with Gasteiger partial charge in [-0.05, 0) is 73.7 Å². The van der Waals surface area contributed by atoms with Gasteiger partial charge < -0.3 is 5.32 Å². The summed E-state index contributed by atoms with van der Waals surface area (Å²) in [5, 5.41) is 6.69. The molecule has 0 radical (unpaired) electrons. The van der Waals surface area contributed by atoms with Gasteiger partial charge in [-0.15, -0.1) is 0 Å². The van der Waals surface area contributed by atoms with Crippen LogP contribution in [0.15, 0.2) is 94.6 Å². The third-order valence-corrected chi connectivity index (χ3v) is 6.23. The Morgan fingerprint density at radius 1 is 0.853 bits per heavy atom. The number of halogens is 1. The number of aromatic nitrogens is 2. The number of hydrogen-bond acceptors (Lipinski definition) is 5. The molecule has 3 aromatic carbocycles. The van der Waals surface area contributed by atoms with E-state index in [1.165, 1.54) is 72.8 Å². The number of carbonyl (C=O) groups is 1. The second-order valence-corrected chi connectivity index (χ2v) is 9.08. The fraction of sp³-hybridized carbons (Fsp3) is 0.0417. The summed E-state index contributed by atoms with van der Waals surface area (Å²) >= 11 is 0. The standard InChI is InChI=1S/C24H19FN4O4S/c1-16-2-12-21(13-3-16)34(32,33)28-19-8-6-18(7-9-19)26-24(31)22-14-15-23(30)29(27-22)20-10-4-17(25)5-11-20/h2-15,28H,1H3,(H,26,31). The summed E-state index contributed by atoms with van der Waals surface area (Å²) in [6.07, 6.45) is 0. The number of benzene rings is 3. The van der Waals surface area contributed by atoms with Crippen molar-refractivity contribution < 1.29 is 17.6 Å². The lowest BCUT2D eigenvalue weighted by atomic mass is 10.2. The molecule has 0 spiro atoms. The molecule has 172 valence electrons. The molecule has 10 heteroatoms. The quantitative estimate of drug-likeness (QED) is 0.439. The Labute approximate surface area is 194 Å². The molecule has 0 aliphatic rings. The van der Waals surface area contributed by atoms with Crippen LogP contribution < -0.4 is 15.6 Å². The number of rotatable bonds is 6. The number of anilines is 2. The lowest BCUT2D eigenvalue weighted by molar-refractivity contribution is 0.102. The summed E-state index contributed by atoms with van der Waals surface area (Å²) in [7, 11) is -3.75. The van der Waals surface area contributed by atoms with Crippen LogP contribution in [0.3, 0.4) is 0 Å². The smallest absolute Gasteiger partial charge is 0.276 e. The van der Waals surface area contributed by atoms with Crippen molar-refractivity contribution >= 4 is 27.3 Å². The van der Waals surface area contributed by atoms with Crippen molar-refractivity contribution in [1.82, 2.24) is 9.78 Å². The summed E-state index contributed by atoms with van der Waals surface area (Å²) in [4.78, 5) is 24.9. The Balaban J connectivity index is 1.48. The second-order valence-electron chi connectivity index (χ2n) is 7.40. The van der Waals surface area contributed by atoms with E-state index in [2.05, 4.69) is 15.1 Å². The molecule has 1 amide bonds. The van der Waals surface area contributed by atoms with Gasteiger partial charge in [0.1, 0.15) is 11.5 Å². The summed E-state index contributed by atoms with van der Waals surface area (Å²) in [5.41, 5.74) is 1.46. The van der Waals surface area contributed by atoms with Crippen molar-refractivity contribution in [2.24, 2.45) is 0 Å². The third kappa shape index (κ3) is 5.18. The average molecular weight is 479 g/mol.